The van der Waals surface area contributed by atoms with E-state index in [0.717, 1.165) is 43.0 Å². The highest BCUT2D eigenvalue weighted by molar-refractivity contribution is 8.14. The molecular weight excluding hydrogens is 406 g/mol. The summed E-state index contributed by atoms with van der Waals surface area (Å²) in [5.74, 6) is -1.14. The number of ether oxygens (including phenoxy) is 3. The zero-order valence-corrected chi connectivity index (χ0v) is 18.4. The number of esters is 1. The molecule has 30 heavy (non-hydrogen) atoms. The Labute approximate surface area is 181 Å². The summed E-state index contributed by atoms with van der Waals surface area (Å²) in [6, 6.07) is -0.511. The maximum atomic E-state index is 12.5. The fourth-order valence-corrected chi connectivity index (χ4v) is 5.34. The Kier molecular flexibility index (Phi) is 6.58. The van der Waals surface area contributed by atoms with Gasteiger partial charge in [0.2, 0.25) is 0 Å². The molecular formula is C22H31NO6S. The molecule has 4 aliphatic rings. The van der Waals surface area contributed by atoms with Gasteiger partial charge < -0.3 is 24.6 Å². The van der Waals surface area contributed by atoms with E-state index >= 15 is 0 Å². The second-order valence-corrected chi connectivity index (χ2v) is 9.98. The van der Waals surface area contributed by atoms with Gasteiger partial charge in [0, 0.05) is 24.7 Å². The SMILES string of the molecule is C/C1=C/C(=O)O[C@@H]2C[C@@H](CC[C@H](C)/C=C/[C@@H]3O[C@H]3CC1)O[C@](O)([C@@H]1CSC(=O)N1)C2. The lowest BCUT2D eigenvalue weighted by Gasteiger charge is -2.43. The lowest BCUT2D eigenvalue weighted by atomic mass is 9.90. The fraction of sp³-hybridized carbons (Fsp3) is 0.727. The molecule has 2 N–H and O–H groups in total. The van der Waals surface area contributed by atoms with Gasteiger partial charge in [-0.3, -0.25) is 4.79 Å². The van der Waals surface area contributed by atoms with E-state index in [0.29, 0.717) is 18.1 Å². The van der Waals surface area contributed by atoms with Crippen LogP contribution in [-0.2, 0) is 19.0 Å². The molecule has 0 saturated carbocycles. The number of epoxide rings is 1. The molecule has 0 radical (unpaired) electrons. The summed E-state index contributed by atoms with van der Waals surface area (Å²) < 4.78 is 17.5. The van der Waals surface area contributed by atoms with Gasteiger partial charge in [0.25, 0.3) is 5.24 Å². The van der Waals surface area contributed by atoms with Crippen molar-refractivity contribution in [3.63, 3.8) is 0 Å². The molecule has 7 nitrogen and oxygen atoms in total. The molecule has 0 unspecified atom stereocenters. The van der Waals surface area contributed by atoms with Gasteiger partial charge >= 0.3 is 5.97 Å². The lowest BCUT2D eigenvalue weighted by Crippen LogP contribution is -2.58. The monoisotopic (exact) mass is 437 g/mol. The van der Waals surface area contributed by atoms with E-state index in [4.69, 9.17) is 14.2 Å². The van der Waals surface area contributed by atoms with Crippen LogP contribution in [0.25, 0.3) is 0 Å². The highest BCUT2D eigenvalue weighted by atomic mass is 32.2. The summed E-state index contributed by atoms with van der Waals surface area (Å²) in [6.45, 7) is 4.08. The van der Waals surface area contributed by atoms with Gasteiger partial charge in [-0.25, -0.2) is 4.79 Å². The minimum absolute atomic E-state index is 0.153. The largest absolute Gasteiger partial charge is 0.459 e. The molecule has 2 bridgehead atoms. The molecule has 8 heteroatoms. The number of nitrogens with one attached hydrogen (secondary N) is 1. The molecule has 0 aromatic carbocycles. The second kappa shape index (κ2) is 9.02. The number of carbonyl (C=O) groups is 2. The van der Waals surface area contributed by atoms with Crippen LogP contribution in [0.15, 0.2) is 23.8 Å². The van der Waals surface area contributed by atoms with Crippen LogP contribution in [0.5, 0.6) is 0 Å². The van der Waals surface area contributed by atoms with Crippen molar-refractivity contribution < 1.29 is 28.9 Å². The van der Waals surface area contributed by atoms with E-state index in [1.165, 1.54) is 6.08 Å². The molecule has 4 aliphatic heterocycles. The van der Waals surface area contributed by atoms with Gasteiger partial charge in [0.05, 0.1) is 18.2 Å². The summed E-state index contributed by atoms with van der Waals surface area (Å²) in [6.07, 6.45) is 9.56. The normalized spacial score (nSPS) is 45.5. The number of aliphatic hydroxyl groups is 1. The number of hydrogen-bond donors (Lipinski definition) is 2. The first kappa shape index (κ1) is 21.9. The summed E-state index contributed by atoms with van der Waals surface area (Å²) in [7, 11) is 0. The van der Waals surface area contributed by atoms with Crippen LogP contribution in [-0.4, -0.2) is 58.3 Å². The third kappa shape index (κ3) is 5.46. The van der Waals surface area contributed by atoms with E-state index in [1.807, 2.05) is 6.92 Å². The van der Waals surface area contributed by atoms with Crippen LogP contribution in [0.2, 0.25) is 0 Å². The van der Waals surface area contributed by atoms with E-state index in [9.17, 15) is 14.7 Å². The number of allylic oxidation sites excluding steroid dienone is 2. The molecule has 4 rings (SSSR count). The molecule has 3 fully saturated rings. The Hall–Kier alpha value is -1.35. The lowest BCUT2D eigenvalue weighted by molar-refractivity contribution is -0.283. The third-order valence-electron chi connectivity index (χ3n) is 6.30. The van der Waals surface area contributed by atoms with Gasteiger partial charge in [-0.1, -0.05) is 36.4 Å². The molecule has 0 aromatic heterocycles. The van der Waals surface area contributed by atoms with E-state index in [-0.39, 0.29) is 35.9 Å². The van der Waals surface area contributed by atoms with Crippen LogP contribution in [0.1, 0.15) is 52.4 Å². The zero-order chi connectivity index (χ0) is 21.3. The van der Waals surface area contributed by atoms with Crippen molar-refractivity contribution in [1.29, 1.82) is 0 Å². The molecule has 3 saturated heterocycles. The topological polar surface area (TPSA) is 97.4 Å². The predicted octanol–water partition coefficient (Wildman–Crippen LogP) is 3.07. The van der Waals surface area contributed by atoms with Crippen molar-refractivity contribution in [2.45, 2.75) is 88.6 Å². The van der Waals surface area contributed by atoms with Gasteiger partial charge in [0.15, 0.2) is 5.79 Å². The Morgan fingerprint density at radius 1 is 1.20 bits per heavy atom. The van der Waals surface area contributed by atoms with Crippen molar-refractivity contribution in [3.8, 4) is 0 Å². The minimum atomic E-state index is -1.54. The fourth-order valence-electron chi connectivity index (χ4n) is 4.45. The molecule has 0 spiro atoms. The first-order valence-corrected chi connectivity index (χ1v) is 11.8. The van der Waals surface area contributed by atoms with Gasteiger partial charge in [-0.05, 0) is 38.5 Å². The van der Waals surface area contributed by atoms with Crippen molar-refractivity contribution in [3.05, 3.63) is 23.8 Å². The summed E-state index contributed by atoms with van der Waals surface area (Å²) in [5, 5.41) is 13.9. The minimum Gasteiger partial charge on any atom is -0.459 e. The van der Waals surface area contributed by atoms with Crippen molar-refractivity contribution in [2.75, 3.05) is 5.75 Å². The predicted molar refractivity (Wildman–Crippen MR) is 113 cm³/mol. The van der Waals surface area contributed by atoms with Gasteiger partial charge in [-0.15, -0.1) is 0 Å². The number of rotatable bonds is 1. The van der Waals surface area contributed by atoms with Crippen molar-refractivity contribution >= 4 is 23.0 Å². The van der Waals surface area contributed by atoms with Crippen molar-refractivity contribution in [1.82, 2.24) is 5.32 Å². The Morgan fingerprint density at radius 2 is 2.03 bits per heavy atom. The number of hydrogen-bond acceptors (Lipinski definition) is 7. The second-order valence-electron chi connectivity index (χ2n) is 8.99. The molecule has 1 amide bonds. The highest BCUT2D eigenvalue weighted by Crippen LogP contribution is 2.37. The number of amides is 1. The molecule has 4 heterocycles. The van der Waals surface area contributed by atoms with E-state index in [1.54, 1.807) is 0 Å². The highest BCUT2D eigenvalue weighted by Gasteiger charge is 2.49. The molecule has 0 aromatic rings. The molecule has 0 aliphatic carbocycles. The Bertz CT molecular complexity index is 739. The van der Waals surface area contributed by atoms with Crippen molar-refractivity contribution in [2.24, 2.45) is 5.92 Å². The van der Waals surface area contributed by atoms with Crippen LogP contribution in [0.4, 0.5) is 4.79 Å². The van der Waals surface area contributed by atoms with E-state index in [2.05, 4.69) is 24.4 Å². The van der Waals surface area contributed by atoms with Crippen LogP contribution in [0.3, 0.4) is 0 Å². The van der Waals surface area contributed by atoms with Crippen LogP contribution >= 0.6 is 11.8 Å². The van der Waals surface area contributed by atoms with Gasteiger partial charge in [-0.2, -0.15) is 0 Å². The molecule has 7 atom stereocenters. The Balaban J connectivity index is 1.50. The number of fused-ring (bicyclic) bond motifs is 3. The average molecular weight is 438 g/mol. The smallest absolute Gasteiger partial charge is 0.330 e. The number of carbonyl (C=O) groups excluding carboxylic acids is 2. The first-order chi connectivity index (χ1) is 14.3. The summed E-state index contributed by atoms with van der Waals surface area (Å²) >= 11 is 1.13. The van der Waals surface area contributed by atoms with Crippen LogP contribution < -0.4 is 5.32 Å². The van der Waals surface area contributed by atoms with Crippen LogP contribution in [0, 0.1) is 5.92 Å². The third-order valence-corrected chi connectivity index (χ3v) is 7.18. The first-order valence-electron chi connectivity index (χ1n) is 10.9. The number of thioether (sulfide) groups is 1. The summed E-state index contributed by atoms with van der Waals surface area (Å²) in [4.78, 5) is 24.1. The quantitative estimate of drug-likeness (QED) is 0.370. The Morgan fingerprint density at radius 3 is 2.80 bits per heavy atom. The van der Waals surface area contributed by atoms with Gasteiger partial charge in [0.1, 0.15) is 12.2 Å². The molecule has 166 valence electrons. The zero-order valence-electron chi connectivity index (χ0n) is 17.5. The average Bonchev–Trinajstić information content (AvgIpc) is 3.29. The summed E-state index contributed by atoms with van der Waals surface area (Å²) in [5.41, 5.74) is 0.956. The maximum Gasteiger partial charge on any atom is 0.330 e. The standard InChI is InChI=1S/C22H31NO6S/c1-13-3-6-15-10-16(11-22(26,29-15)19-12-30-21(25)23-19)27-20(24)9-14(2)5-8-18-17(28-18)7-4-13/h4,7,9,13,15-19,26H,3,5-6,8,10-12H2,1-2H3,(H,23,25)/b7-4+,14-9-/t13-,15+,16+,17-,18-,19-,22-/m0/s1. The maximum absolute atomic E-state index is 12.5. The van der Waals surface area contributed by atoms with E-state index < -0.39 is 17.9 Å².